The standard InChI is InChI=1S/C20H24O3/c1-4-11-23-19-8-6-5-7-16(19)13-18(20(21)22)17-10-9-14(2)12-15(17)3/h5-10,12,18H,4,11,13H2,1-3H3,(H,21,22). The minimum Gasteiger partial charge on any atom is -0.493 e. The zero-order valence-corrected chi connectivity index (χ0v) is 14.0. The van der Waals surface area contributed by atoms with E-state index in [1.807, 2.05) is 56.3 Å². The summed E-state index contributed by atoms with van der Waals surface area (Å²) in [4.78, 5) is 11.8. The van der Waals surface area contributed by atoms with Gasteiger partial charge in [0.1, 0.15) is 5.75 Å². The highest BCUT2D eigenvalue weighted by Gasteiger charge is 2.23. The lowest BCUT2D eigenvalue weighted by molar-refractivity contribution is -0.138. The van der Waals surface area contributed by atoms with Crippen LogP contribution in [0.4, 0.5) is 0 Å². The molecule has 3 heteroatoms. The molecule has 0 aliphatic rings. The predicted molar refractivity (Wildman–Crippen MR) is 92.2 cm³/mol. The van der Waals surface area contributed by atoms with E-state index in [9.17, 15) is 9.90 Å². The van der Waals surface area contributed by atoms with Gasteiger partial charge in [-0.1, -0.05) is 48.9 Å². The van der Waals surface area contributed by atoms with Crippen molar-refractivity contribution in [3.8, 4) is 5.75 Å². The molecule has 0 radical (unpaired) electrons. The summed E-state index contributed by atoms with van der Waals surface area (Å²) in [6.07, 6.45) is 1.35. The van der Waals surface area contributed by atoms with Crippen LogP contribution in [-0.2, 0) is 11.2 Å². The van der Waals surface area contributed by atoms with Crippen molar-refractivity contribution in [3.05, 3.63) is 64.7 Å². The number of carbonyl (C=O) groups is 1. The molecule has 23 heavy (non-hydrogen) atoms. The Balaban J connectivity index is 2.32. The van der Waals surface area contributed by atoms with Gasteiger partial charge in [-0.2, -0.15) is 0 Å². The molecule has 0 saturated carbocycles. The quantitative estimate of drug-likeness (QED) is 0.818. The molecule has 2 aromatic carbocycles. The van der Waals surface area contributed by atoms with Crippen LogP contribution in [0.5, 0.6) is 5.75 Å². The molecule has 1 atom stereocenters. The van der Waals surface area contributed by atoms with Gasteiger partial charge in [-0.25, -0.2) is 0 Å². The van der Waals surface area contributed by atoms with E-state index in [0.29, 0.717) is 13.0 Å². The van der Waals surface area contributed by atoms with Crippen LogP contribution >= 0.6 is 0 Å². The molecule has 0 fully saturated rings. The summed E-state index contributed by atoms with van der Waals surface area (Å²) in [5, 5.41) is 9.71. The minimum atomic E-state index is -0.803. The van der Waals surface area contributed by atoms with Crippen LogP contribution in [0.25, 0.3) is 0 Å². The Bertz CT molecular complexity index is 676. The van der Waals surface area contributed by atoms with Crippen molar-refractivity contribution < 1.29 is 14.6 Å². The Kier molecular flexibility index (Phi) is 5.80. The van der Waals surface area contributed by atoms with E-state index in [-0.39, 0.29) is 0 Å². The van der Waals surface area contributed by atoms with Crippen molar-refractivity contribution in [2.45, 2.75) is 39.5 Å². The van der Waals surface area contributed by atoms with Gasteiger partial charge >= 0.3 is 5.97 Å². The maximum atomic E-state index is 11.8. The van der Waals surface area contributed by atoms with E-state index in [1.54, 1.807) is 0 Å². The zero-order chi connectivity index (χ0) is 16.8. The first-order valence-corrected chi connectivity index (χ1v) is 8.03. The average Bonchev–Trinajstić information content (AvgIpc) is 2.52. The first-order valence-electron chi connectivity index (χ1n) is 8.03. The summed E-state index contributed by atoms with van der Waals surface area (Å²) in [6, 6.07) is 13.6. The molecule has 0 aliphatic carbocycles. The highest BCUT2D eigenvalue weighted by Crippen LogP contribution is 2.29. The Morgan fingerprint density at radius 2 is 1.91 bits per heavy atom. The molecule has 0 heterocycles. The molecule has 2 aromatic rings. The van der Waals surface area contributed by atoms with Crippen LogP contribution in [-0.4, -0.2) is 17.7 Å². The normalized spacial score (nSPS) is 12.0. The minimum absolute atomic E-state index is 0.430. The molecule has 122 valence electrons. The highest BCUT2D eigenvalue weighted by atomic mass is 16.5. The molecule has 0 saturated heterocycles. The zero-order valence-electron chi connectivity index (χ0n) is 14.0. The van der Waals surface area contributed by atoms with Gasteiger partial charge in [0, 0.05) is 0 Å². The third kappa shape index (κ3) is 4.35. The Morgan fingerprint density at radius 1 is 1.17 bits per heavy atom. The van der Waals surface area contributed by atoms with Crippen molar-refractivity contribution in [3.63, 3.8) is 0 Å². The SMILES string of the molecule is CCCOc1ccccc1CC(C(=O)O)c1ccc(C)cc1C. The van der Waals surface area contributed by atoms with E-state index in [2.05, 4.69) is 6.92 Å². The van der Waals surface area contributed by atoms with E-state index in [0.717, 1.165) is 34.4 Å². The molecular formula is C20H24O3. The van der Waals surface area contributed by atoms with Crippen LogP contribution in [0.15, 0.2) is 42.5 Å². The lowest BCUT2D eigenvalue weighted by Crippen LogP contribution is -2.16. The van der Waals surface area contributed by atoms with Crippen LogP contribution in [0, 0.1) is 13.8 Å². The van der Waals surface area contributed by atoms with Crippen LogP contribution in [0.2, 0.25) is 0 Å². The third-order valence-electron chi connectivity index (χ3n) is 3.96. The number of hydrogen-bond donors (Lipinski definition) is 1. The summed E-state index contributed by atoms with van der Waals surface area (Å²) < 4.78 is 5.76. The second-order valence-electron chi connectivity index (χ2n) is 5.91. The summed E-state index contributed by atoms with van der Waals surface area (Å²) in [7, 11) is 0. The molecule has 0 aliphatic heterocycles. The molecule has 0 amide bonds. The van der Waals surface area contributed by atoms with Gasteiger partial charge in [0.2, 0.25) is 0 Å². The Hall–Kier alpha value is -2.29. The van der Waals surface area contributed by atoms with Gasteiger partial charge in [-0.05, 0) is 49.4 Å². The number of ether oxygens (including phenoxy) is 1. The van der Waals surface area contributed by atoms with Gasteiger partial charge in [-0.3, -0.25) is 4.79 Å². The lowest BCUT2D eigenvalue weighted by Gasteiger charge is -2.18. The van der Waals surface area contributed by atoms with E-state index >= 15 is 0 Å². The van der Waals surface area contributed by atoms with E-state index in [1.165, 1.54) is 0 Å². The number of benzene rings is 2. The van der Waals surface area contributed by atoms with Gasteiger partial charge < -0.3 is 9.84 Å². The van der Waals surface area contributed by atoms with Gasteiger partial charge in [0.15, 0.2) is 0 Å². The van der Waals surface area contributed by atoms with E-state index < -0.39 is 11.9 Å². The molecule has 2 rings (SSSR count). The molecule has 1 N–H and O–H groups in total. The topological polar surface area (TPSA) is 46.5 Å². The summed E-state index contributed by atoms with van der Waals surface area (Å²) >= 11 is 0. The maximum Gasteiger partial charge on any atom is 0.311 e. The van der Waals surface area contributed by atoms with E-state index in [4.69, 9.17) is 4.74 Å². The number of carboxylic acid groups (broad SMARTS) is 1. The van der Waals surface area contributed by atoms with Crippen molar-refractivity contribution in [1.29, 1.82) is 0 Å². The monoisotopic (exact) mass is 312 g/mol. The summed E-state index contributed by atoms with van der Waals surface area (Å²) in [5.74, 6) is -0.588. The number of aliphatic carboxylic acids is 1. The third-order valence-corrected chi connectivity index (χ3v) is 3.96. The number of para-hydroxylation sites is 1. The number of aryl methyl sites for hydroxylation is 2. The molecular weight excluding hydrogens is 288 g/mol. The second kappa shape index (κ2) is 7.82. The smallest absolute Gasteiger partial charge is 0.311 e. The lowest BCUT2D eigenvalue weighted by atomic mass is 9.88. The number of hydrogen-bond acceptors (Lipinski definition) is 2. The fraction of sp³-hybridized carbons (Fsp3) is 0.350. The predicted octanol–water partition coefficient (Wildman–Crippen LogP) is 4.50. The first-order chi connectivity index (χ1) is 11.0. The van der Waals surface area contributed by atoms with Crippen molar-refractivity contribution >= 4 is 5.97 Å². The number of carboxylic acids is 1. The largest absolute Gasteiger partial charge is 0.493 e. The average molecular weight is 312 g/mol. The number of rotatable bonds is 7. The molecule has 0 bridgehead atoms. The van der Waals surface area contributed by atoms with Crippen LogP contribution < -0.4 is 4.74 Å². The summed E-state index contributed by atoms with van der Waals surface area (Å²) in [5.41, 5.74) is 3.97. The Labute approximate surface area is 137 Å². The van der Waals surface area contributed by atoms with Crippen molar-refractivity contribution in [1.82, 2.24) is 0 Å². The molecule has 0 spiro atoms. The second-order valence-corrected chi connectivity index (χ2v) is 5.91. The Morgan fingerprint density at radius 3 is 2.57 bits per heavy atom. The van der Waals surface area contributed by atoms with Gasteiger partial charge in [0.25, 0.3) is 0 Å². The summed E-state index contributed by atoms with van der Waals surface area (Å²) in [6.45, 7) is 6.68. The fourth-order valence-electron chi connectivity index (χ4n) is 2.79. The highest BCUT2D eigenvalue weighted by molar-refractivity contribution is 5.77. The van der Waals surface area contributed by atoms with Crippen molar-refractivity contribution in [2.24, 2.45) is 0 Å². The van der Waals surface area contributed by atoms with Gasteiger partial charge in [-0.15, -0.1) is 0 Å². The fourth-order valence-corrected chi connectivity index (χ4v) is 2.79. The molecule has 3 nitrogen and oxygen atoms in total. The molecule has 0 aromatic heterocycles. The van der Waals surface area contributed by atoms with Crippen LogP contribution in [0.1, 0.15) is 41.5 Å². The van der Waals surface area contributed by atoms with Gasteiger partial charge in [0.05, 0.1) is 12.5 Å². The van der Waals surface area contributed by atoms with Crippen molar-refractivity contribution in [2.75, 3.05) is 6.61 Å². The molecule has 1 unspecified atom stereocenters. The van der Waals surface area contributed by atoms with Crippen LogP contribution in [0.3, 0.4) is 0 Å². The first kappa shape index (κ1) is 17.1. The maximum absolute atomic E-state index is 11.8.